The van der Waals surface area contributed by atoms with E-state index in [1.807, 2.05) is 35.1 Å². The van der Waals surface area contributed by atoms with Crippen molar-refractivity contribution in [3.8, 4) is 0 Å². The van der Waals surface area contributed by atoms with Gasteiger partial charge in [-0.1, -0.05) is 22.9 Å². The molecule has 98 valence electrons. The van der Waals surface area contributed by atoms with Crippen LogP contribution in [0.5, 0.6) is 0 Å². The first-order valence-corrected chi connectivity index (χ1v) is 7.28. The first-order valence-electron chi connectivity index (χ1n) is 6.09. The van der Waals surface area contributed by atoms with Crippen molar-refractivity contribution in [1.29, 1.82) is 0 Å². The minimum Gasteiger partial charge on any atom is -0.361 e. The molecule has 0 bridgehead atoms. The van der Waals surface area contributed by atoms with Gasteiger partial charge in [-0.2, -0.15) is 5.10 Å². The van der Waals surface area contributed by atoms with Crippen LogP contribution in [0.2, 0.25) is 5.02 Å². The summed E-state index contributed by atoms with van der Waals surface area (Å²) >= 11 is 7.60. The Balaban J connectivity index is 1.56. The number of anilines is 1. The second-order valence-electron chi connectivity index (χ2n) is 4.18. The number of aromatic nitrogens is 3. The summed E-state index contributed by atoms with van der Waals surface area (Å²) < 4.78 is 3.08. The van der Waals surface area contributed by atoms with Crippen LogP contribution < -0.4 is 5.32 Å². The number of aryl methyl sites for hydroxylation is 1. The van der Waals surface area contributed by atoms with Crippen molar-refractivity contribution in [3.05, 3.63) is 41.7 Å². The average Bonchev–Trinajstić information content (AvgIpc) is 3.02. The molecule has 0 saturated heterocycles. The van der Waals surface area contributed by atoms with E-state index in [1.165, 1.54) is 0 Å². The lowest BCUT2D eigenvalue weighted by molar-refractivity contribution is 0.592. The van der Waals surface area contributed by atoms with E-state index in [0.717, 1.165) is 39.9 Å². The average molecular weight is 293 g/mol. The predicted octanol–water partition coefficient (Wildman–Crippen LogP) is 3.65. The van der Waals surface area contributed by atoms with Crippen molar-refractivity contribution < 1.29 is 0 Å². The number of nitrogens with zero attached hydrogens (tertiary/aromatic N) is 3. The molecule has 0 atom stereocenters. The van der Waals surface area contributed by atoms with Gasteiger partial charge in [-0.25, -0.2) is 4.98 Å². The summed E-state index contributed by atoms with van der Waals surface area (Å²) in [6, 6.07) is 7.72. The Labute approximate surface area is 120 Å². The highest BCUT2D eigenvalue weighted by Crippen LogP contribution is 2.27. The van der Waals surface area contributed by atoms with Crippen LogP contribution in [0.25, 0.3) is 10.2 Å². The molecule has 0 spiro atoms. The van der Waals surface area contributed by atoms with Gasteiger partial charge in [0.1, 0.15) is 0 Å². The molecule has 0 unspecified atom stereocenters. The molecule has 0 amide bonds. The minimum atomic E-state index is 0.725. The van der Waals surface area contributed by atoms with E-state index in [-0.39, 0.29) is 0 Å². The number of halogens is 1. The second kappa shape index (κ2) is 5.59. The van der Waals surface area contributed by atoms with Crippen LogP contribution in [0, 0.1) is 0 Å². The number of rotatable bonds is 5. The van der Waals surface area contributed by atoms with Gasteiger partial charge in [0, 0.05) is 30.5 Å². The number of thiazole rings is 1. The second-order valence-corrected chi connectivity index (χ2v) is 5.65. The van der Waals surface area contributed by atoms with E-state index in [2.05, 4.69) is 15.4 Å². The highest BCUT2D eigenvalue weighted by atomic mass is 35.5. The molecule has 3 aromatic rings. The highest BCUT2D eigenvalue weighted by molar-refractivity contribution is 7.22. The van der Waals surface area contributed by atoms with Crippen LogP contribution in [0.1, 0.15) is 6.42 Å². The SMILES string of the molecule is Clc1ccc2sc(NCCCn3cccn3)nc2c1. The molecule has 0 aliphatic heterocycles. The third kappa shape index (κ3) is 3.05. The topological polar surface area (TPSA) is 42.7 Å². The molecule has 2 heterocycles. The maximum Gasteiger partial charge on any atom is 0.183 e. The van der Waals surface area contributed by atoms with Crippen molar-refractivity contribution in [2.75, 3.05) is 11.9 Å². The first-order chi connectivity index (χ1) is 9.31. The summed E-state index contributed by atoms with van der Waals surface area (Å²) in [5.74, 6) is 0. The fraction of sp³-hybridized carbons (Fsp3) is 0.231. The molecular formula is C13H13ClN4S. The lowest BCUT2D eigenvalue weighted by atomic mass is 10.3. The minimum absolute atomic E-state index is 0.725. The molecule has 6 heteroatoms. The number of fused-ring (bicyclic) bond motifs is 1. The largest absolute Gasteiger partial charge is 0.361 e. The molecule has 19 heavy (non-hydrogen) atoms. The molecule has 3 rings (SSSR count). The van der Waals surface area contributed by atoms with E-state index in [0.29, 0.717) is 0 Å². The normalized spacial score (nSPS) is 11.0. The zero-order valence-corrected chi connectivity index (χ0v) is 11.8. The van der Waals surface area contributed by atoms with Crippen molar-refractivity contribution in [2.45, 2.75) is 13.0 Å². The van der Waals surface area contributed by atoms with Crippen molar-refractivity contribution in [3.63, 3.8) is 0 Å². The predicted molar refractivity (Wildman–Crippen MR) is 80.0 cm³/mol. The van der Waals surface area contributed by atoms with Gasteiger partial charge in [0.2, 0.25) is 0 Å². The van der Waals surface area contributed by atoms with E-state index < -0.39 is 0 Å². The summed E-state index contributed by atoms with van der Waals surface area (Å²) in [5, 5.41) is 9.17. The third-order valence-electron chi connectivity index (χ3n) is 2.75. The first kappa shape index (κ1) is 12.4. The van der Waals surface area contributed by atoms with Gasteiger partial charge >= 0.3 is 0 Å². The van der Waals surface area contributed by atoms with Crippen LogP contribution in [-0.2, 0) is 6.54 Å². The Hall–Kier alpha value is -1.59. The Kier molecular flexibility index (Phi) is 3.66. The van der Waals surface area contributed by atoms with Gasteiger partial charge in [0.05, 0.1) is 10.2 Å². The number of hydrogen-bond donors (Lipinski definition) is 1. The smallest absolute Gasteiger partial charge is 0.183 e. The summed E-state index contributed by atoms with van der Waals surface area (Å²) in [4.78, 5) is 4.51. The molecular weight excluding hydrogens is 280 g/mol. The Bertz CT molecular complexity index is 662. The number of nitrogens with one attached hydrogen (secondary N) is 1. The molecule has 0 fully saturated rings. The van der Waals surface area contributed by atoms with Gasteiger partial charge in [-0.15, -0.1) is 0 Å². The van der Waals surface area contributed by atoms with Crippen molar-refractivity contribution >= 4 is 38.3 Å². The quantitative estimate of drug-likeness (QED) is 0.730. The Morgan fingerprint density at radius 3 is 3.16 bits per heavy atom. The molecule has 0 aliphatic carbocycles. The maximum absolute atomic E-state index is 5.95. The van der Waals surface area contributed by atoms with Crippen LogP contribution in [-0.4, -0.2) is 21.3 Å². The maximum atomic E-state index is 5.95. The lowest BCUT2D eigenvalue weighted by Gasteiger charge is -2.02. The van der Waals surface area contributed by atoms with Gasteiger partial charge in [-0.3, -0.25) is 4.68 Å². The lowest BCUT2D eigenvalue weighted by Crippen LogP contribution is -2.06. The summed E-state index contributed by atoms with van der Waals surface area (Å²) in [7, 11) is 0. The highest BCUT2D eigenvalue weighted by Gasteiger charge is 2.03. The fourth-order valence-corrected chi connectivity index (χ4v) is 2.88. The van der Waals surface area contributed by atoms with Crippen molar-refractivity contribution in [1.82, 2.24) is 14.8 Å². The van der Waals surface area contributed by atoms with Crippen molar-refractivity contribution in [2.24, 2.45) is 0 Å². The van der Waals surface area contributed by atoms with Crippen LogP contribution in [0.15, 0.2) is 36.7 Å². The van der Waals surface area contributed by atoms with Crippen LogP contribution >= 0.6 is 22.9 Å². The number of hydrogen-bond acceptors (Lipinski definition) is 4. The Morgan fingerprint density at radius 1 is 1.37 bits per heavy atom. The molecule has 1 aromatic carbocycles. The molecule has 0 saturated carbocycles. The summed E-state index contributed by atoms with van der Waals surface area (Å²) in [5.41, 5.74) is 0.951. The summed E-state index contributed by atoms with van der Waals surface area (Å²) in [6.45, 7) is 1.80. The zero-order chi connectivity index (χ0) is 13.1. The standard InChI is InChI=1S/C13H13ClN4S/c14-10-3-4-12-11(9-10)17-13(19-12)15-5-1-7-18-8-2-6-16-18/h2-4,6,8-9H,1,5,7H2,(H,15,17). The molecule has 4 nitrogen and oxygen atoms in total. The van der Waals surface area contributed by atoms with Crippen LogP contribution in [0.4, 0.5) is 5.13 Å². The summed E-state index contributed by atoms with van der Waals surface area (Å²) in [6.07, 6.45) is 4.78. The van der Waals surface area contributed by atoms with Gasteiger partial charge in [0.25, 0.3) is 0 Å². The molecule has 1 N–H and O–H groups in total. The van der Waals surface area contributed by atoms with Crippen LogP contribution in [0.3, 0.4) is 0 Å². The molecule has 0 radical (unpaired) electrons. The molecule has 0 aliphatic rings. The van der Waals surface area contributed by atoms with E-state index in [1.54, 1.807) is 17.5 Å². The van der Waals surface area contributed by atoms with E-state index in [9.17, 15) is 0 Å². The zero-order valence-electron chi connectivity index (χ0n) is 10.2. The monoisotopic (exact) mass is 292 g/mol. The van der Waals surface area contributed by atoms with E-state index in [4.69, 9.17) is 11.6 Å². The molecule has 2 aromatic heterocycles. The fourth-order valence-electron chi connectivity index (χ4n) is 1.85. The van der Waals surface area contributed by atoms with Gasteiger partial charge in [0.15, 0.2) is 5.13 Å². The van der Waals surface area contributed by atoms with Gasteiger partial charge < -0.3 is 5.32 Å². The Morgan fingerprint density at radius 2 is 2.32 bits per heavy atom. The third-order valence-corrected chi connectivity index (χ3v) is 3.98. The number of benzene rings is 1. The van der Waals surface area contributed by atoms with E-state index >= 15 is 0 Å². The van der Waals surface area contributed by atoms with Gasteiger partial charge in [-0.05, 0) is 30.7 Å².